The molecule has 16 heavy (non-hydrogen) atoms. The number of aliphatic hydroxyl groups excluding tert-OH is 1. The number of fused-ring (bicyclic) bond motifs is 3. The van der Waals surface area contributed by atoms with Crippen LogP contribution < -0.4 is 0 Å². The lowest BCUT2D eigenvalue weighted by Crippen LogP contribution is -2.42. The monoisotopic (exact) mass is 218 g/mol. The lowest BCUT2D eigenvalue weighted by molar-refractivity contribution is 0.0435. The number of hydrogen-bond donors (Lipinski definition) is 1. The fraction of sp³-hybridized carbons (Fsp3) is 0.600. The Labute approximate surface area is 98.6 Å². The van der Waals surface area contributed by atoms with E-state index in [4.69, 9.17) is 0 Å². The third-order valence-corrected chi connectivity index (χ3v) is 4.68. The first kappa shape index (κ1) is 11.7. The maximum atomic E-state index is 9.74. The van der Waals surface area contributed by atoms with E-state index in [1.807, 2.05) is 0 Å². The lowest BCUT2D eigenvalue weighted by Gasteiger charge is -2.52. The van der Waals surface area contributed by atoms with Crippen LogP contribution in [-0.4, -0.2) is 11.2 Å². The molecule has 0 amide bonds. The first-order chi connectivity index (χ1) is 7.61. The maximum Gasteiger partial charge on any atom is 0.0721 e. The van der Waals surface area contributed by atoms with Crippen LogP contribution in [0, 0.1) is 17.3 Å². The molecule has 3 aliphatic carbocycles. The van der Waals surface area contributed by atoms with Gasteiger partial charge in [0.05, 0.1) is 6.10 Å². The Morgan fingerprint density at radius 1 is 1.50 bits per heavy atom. The molecule has 3 fully saturated rings. The van der Waals surface area contributed by atoms with Crippen LogP contribution in [0.1, 0.15) is 32.1 Å². The average Bonchev–Trinajstić information content (AvgIpc) is 2.30. The van der Waals surface area contributed by atoms with Gasteiger partial charge >= 0.3 is 0 Å². The normalized spacial score (nSPS) is 39.4. The van der Waals surface area contributed by atoms with Gasteiger partial charge < -0.3 is 5.11 Å². The van der Waals surface area contributed by atoms with Crippen molar-refractivity contribution >= 4 is 0 Å². The van der Waals surface area contributed by atoms with E-state index >= 15 is 0 Å². The van der Waals surface area contributed by atoms with Gasteiger partial charge in [0.25, 0.3) is 0 Å². The molecule has 3 rings (SSSR count). The van der Waals surface area contributed by atoms with Gasteiger partial charge in [-0.3, -0.25) is 0 Å². The Bertz CT molecular complexity index is 315. The molecule has 4 atom stereocenters. The summed E-state index contributed by atoms with van der Waals surface area (Å²) in [7, 11) is 0. The SMILES string of the molecule is C=CC(O)CC1CC2CCC1(C=C)CC2=C. The zero-order chi connectivity index (χ0) is 11.8. The molecule has 1 heteroatoms. The highest BCUT2D eigenvalue weighted by Crippen LogP contribution is 2.57. The van der Waals surface area contributed by atoms with Gasteiger partial charge in [-0.2, -0.15) is 0 Å². The van der Waals surface area contributed by atoms with Crippen molar-refractivity contribution in [2.75, 3.05) is 0 Å². The molecule has 0 aromatic heterocycles. The van der Waals surface area contributed by atoms with E-state index in [0.29, 0.717) is 11.8 Å². The van der Waals surface area contributed by atoms with Crippen LogP contribution in [0.4, 0.5) is 0 Å². The summed E-state index contributed by atoms with van der Waals surface area (Å²) in [6, 6.07) is 0. The van der Waals surface area contributed by atoms with Crippen molar-refractivity contribution in [3.63, 3.8) is 0 Å². The Morgan fingerprint density at radius 3 is 2.81 bits per heavy atom. The molecule has 0 aromatic carbocycles. The van der Waals surface area contributed by atoms with E-state index < -0.39 is 0 Å². The van der Waals surface area contributed by atoms with Gasteiger partial charge in [0.1, 0.15) is 0 Å². The molecular weight excluding hydrogens is 196 g/mol. The summed E-state index contributed by atoms with van der Waals surface area (Å²) in [5.41, 5.74) is 1.60. The molecule has 0 spiro atoms. The minimum atomic E-state index is -0.366. The van der Waals surface area contributed by atoms with E-state index in [-0.39, 0.29) is 11.5 Å². The van der Waals surface area contributed by atoms with E-state index in [0.717, 1.165) is 12.8 Å². The van der Waals surface area contributed by atoms with Crippen molar-refractivity contribution in [3.05, 3.63) is 37.5 Å². The predicted octanol–water partition coefficient (Wildman–Crippen LogP) is 3.47. The highest BCUT2D eigenvalue weighted by atomic mass is 16.3. The molecule has 4 unspecified atom stereocenters. The summed E-state index contributed by atoms with van der Waals surface area (Å²) in [6.45, 7) is 11.9. The van der Waals surface area contributed by atoms with Crippen LogP contribution in [0.2, 0.25) is 0 Å². The van der Waals surface area contributed by atoms with Gasteiger partial charge in [-0.25, -0.2) is 0 Å². The summed E-state index contributed by atoms with van der Waals surface area (Å²) >= 11 is 0. The predicted molar refractivity (Wildman–Crippen MR) is 68.0 cm³/mol. The molecule has 1 nitrogen and oxygen atoms in total. The Balaban J connectivity index is 2.17. The van der Waals surface area contributed by atoms with Crippen LogP contribution in [-0.2, 0) is 0 Å². The van der Waals surface area contributed by atoms with Crippen molar-refractivity contribution in [1.82, 2.24) is 0 Å². The Morgan fingerprint density at radius 2 is 2.25 bits per heavy atom. The minimum absolute atomic E-state index is 0.204. The van der Waals surface area contributed by atoms with E-state index in [1.54, 1.807) is 6.08 Å². The van der Waals surface area contributed by atoms with Gasteiger partial charge in [0.15, 0.2) is 0 Å². The molecule has 0 aromatic rings. The third kappa shape index (κ3) is 1.78. The van der Waals surface area contributed by atoms with Crippen LogP contribution in [0.15, 0.2) is 37.5 Å². The van der Waals surface area contributed by atoms with Crippen LogP contribution in [0.25, 0.3) is 0 Å². The summed E-state index contributed by atoms with van der Waals surface area (Å²) in [4.78, 5) is 0. The first-order valence-electron chi connectivity index (χ1n) is 6.23. The van der Waals surface area contributed by atoms with Crippen molar-refractivity contribution in [2.24, 2.45) is 17.3 Å². The van der Waals surface area contributed by atoms with Gasteiger partial charge in [-0.15, -0.1) is 13.2 Å². The maximum absolute atomic E-state index is 9.74. The zero-order valence-electron chi connectivity index (χ0n) is 9.99. The number of rotatable bonds is 4. The van der Waals surface area contributed by atoms with Crippen molar-refractivity contribution < 1.29 is 5.11 Å². The number of allylic oxidation sites excluding steroid dienone is 2. The Kier molecular flexibility index (Phi) is 3.07. The number of aliphatic hydroxyl groups is 1. The quantitative estimate of drug-likeness (QED) is 0.716. The minimum Gasteiger partial charge on any atom is -0.389 e. The Hall–Kier alpha value is -0.820. The fourth-order valence-corrected chi connectivity index (χ4v) is 3.57. The fourth-order valence-electron chi connectivity index (χ4n) is 3.57. The zero-order valence-corrected chi connectivity index (χ0v) is 9.99. The largest absolute Gasteiger partial charge is 0.389 e. The molecular formula is C15H22O. The van der Waals surface area contributed by atoms with Crippen molar-refractivity contribution in [1.29, 1.82) is 0 Å². The molecule has 3 aliphatic rings. The molecule has 2 bridgehead atoms. The molecule has 0 radical (unpaired) electrons. The number of hydrogen-bond acceptors (Lipinski definition) is 1. The van der Waals surface area contributed by atoms with E-state index in [2.05, 4.69) is 25.8 Å². The van der Waals surface area contributed by atoms with Crippen LogP contribution in [0.3, 0.4) is 0 Å². The second-order valence-electron chi connectivity index (χ2n) is 5.48. The van der Waals surface area contributed by atoms with Gasteiger partial charge in [-0.1, -0.05) is 24.3 Å². The summed E-state index contributed by atoms with van der Waals surface area (Å²) in [6.07, 6.45) is 8.96. The lowest BCUT2D eigenvalue weighted by atomic mass is 9.52. The van der Waals surface area contributed by atoms with E-state index in [9.17, 15) is 5.11 Å². The standard InChI is InChI=1S/C15H22O/c1-4-14(16)9-13-8-12-6-7-15(13,5-2)10-11(12)3/h4-5,12-14,16H,1-3,6-10H2. The van der Waals surface area contributed by atoms with Gasteiger partial charge in [0.2, 0.25) is 0 Å². The van der Waals surface area contributed by atoms with Gasteiger partial charge in [-0.05, 0) is 49.4 Å². The first-order valence-corrected chi connectivity index (χ1v) is 6.23. The molecule has 0 saturated heterocycles. The highest BCUT2D eigenvalue weighted by molar-refractivity contribution is 5.20. The van der Waals surface area contributed by atoms with Crippen LogP contribution in [0.5, 0.6) is 0 Å². The summed E-state index contributed by atoms with van der Waals surface area (Å²) < 4.78 is 0. The van der Waals surface area contributed by atoms with Gasteiger partial charge in [0, 0.05) is 0 Å². The highest BCUT2D eigenvalue weighted by Gasteiger charge is 2.47. The summed E-state index contributed by atoms with van der Waals surface area (Å²) in [5.74, 6) is 1.24. The molecule has 0 aliphatic heterocycles. The molecule has 0 heterocycles. The van der Waals surface area contributed by atoms with Crippen molar-refractivity contribution in [2.45, 2.75) is 38.2 Å². The molecule has 88 valence electrons. The van der Waals surface area contributed by atoms with E-state index in [1.165, 1.54) is 24.8 Å². The molecule has 1 N–H and O–H groups in total. The second-order valence-corrected chi connectivity index (χ2v) is 5.48. The average molecular weight is 218 g/mol. The second kappa shape index (κ2) is 4.21. The molecule has 3 saturated carbocycles. The topological polar surface area (TPSA) is 20.2 Å². The van der Waals surface area contributed by atoms with Crippen molar-refractivity contribution in [3.8, 4) is 0 Å². The third-order valence-electron chi connectivity index (χ3n) is 4.68. The summed E-state index contributed by atoms with van der Waals surface area (Å²) in [5, 5.41) is 9.74. The smallest absolute Gasteiger partial charge is 0.0721 e. The van der Waals surface area contributed by atoms with Crippen LogP contribution >= 0.6 is 0 Å².